The van der Waals surface area contributed by atoms with Crippen LogP contribution in [0.3, 0.4) is 0 Å². The monoisotopic (exact) mass is 382 g/mol. The molecule has 3 nitrogen and oxygen atoms in total. The number of hydrogen-bond acceptors (Lipinski definition) is 3. The van der Waals surface area contributed by atoms with Crippen molar-refractivity contribution in [3.05, 3.63) is 0 Å². The van der Waals surface area contributed by atoms with Crippen LogP contribution in [-0.2, 0) is 14.3 Å². The fraction of sp³-hybridized carbons (Fsp3) is 0.917. The Balaban J connectivity index is 3.28. The maximum absolute atomic E-state index is 11.6. The van der Waals surface area contributed by atoms with E-state index in [9.17, 15) is 9.59 Å². The molecular weight excluding hydrogens is 336 g/mol. The lowest BCUT2D eigenvalue weighted by Gasteiger charge is -2.04. The third-order valence-electron chi connectivity index (χ3n) is 5.20. The summed E-state index contributed by atoms with van der Waals surface area (Å²) >= 11 is 0. The van der Waals surface area contributed by atoms with Crippen molar-refractivity contribution < 1.29 is 14.3 Å². The van der Waals surface area contributed by atoms with Crippen LogP contribution in [0.2, 0.25) is 0 Å². The van der Waals surface area contributed by atoms with Crippen molar-refractivity contribution in [2.24, 2.45) is 0 Å². The highest BCUT2D eigenvalue weighted by Gasteiger charge is 2.09. The number of rotatable bonds is 20. The Kier molecular flexibility index (Phi) is 20.8. The quantitative estimate of drug-likeness (QED) is 0.122. The Hall–Kier alpha value is -0.860. The van der Waals surface area contributed by atoms with Crippen LogP contribution in [0.1, 0.15) is 142 Å². The number of carbonyl (C=O) groups is 2. The van der Waals surface area contributed by atoms with E-state index >= 15 is 0 Å². The lowest BCUT2D eigenvalue weighted by Crippen LogP contribution is -2.11. The SMILES string of the molecule is CCCCCCCCCCCCCCCC(=O)OC(=O)CCCCCCC. The molecule has 0 fully saturated rings. The highest BCUT2D eigenvalue weighted by molar-refractivity contribution is 5.85. The first-order valence-corrected chi connectivity index (χ1v) is 11.9. The third kappa shape index (κ3) is 21.3. The van der Waals surface area contributed by atoms with Crippen molar-refractivity contribution >= 4 is 11.9 Å². The average Bonchev–Trinajstić information content (AvgIpc) is 2.65. The summed E-state index contributed by atoms with van der Waals surface area (Å²) in [4.78, 5) is 23.2. The van der Waals surface area contributed by atoms with Crippen LogP contribution in [0.5, 0.6) is 0 Å². The lowest BCUT2D eigenvalue weighted by molar-refractivity contribution is -0.159. The van der Waals surface area contributed by atoms with Crippen LogP contribution < -0.4 is 0 Å². The second-order valence-electron chi connectivity index (χ2n) is 8.00. The van der Waals surface area contributed by atoms with Gasteiger partial charge in [0.25, 0.3) is 0 Å². The molecule has 0 aromatic rings. The molecule has 0 aromatic carbocycles. The Morgan fingerprint density at radius 3 is 1.00 bits per heavy atom. The molecule has 0 heterocycles. The predicted octanol–water partition coefficient (Wildman–Crippen LogP) is 7.90. The van der Waals surface area contributed by atoms with Gasteiger partial charge in [0, 0.05) is 12.8 Å². The number of esters is 2. The molecule has 0 saturated carbocycles. The van der Waals surface area contributed by atoms with Crippen LogP contribution in [0.15, 0.2) is 0 Å². The van der Waals surface area contributed by atoms with E-state index in [-0.39, 0.29) is 11.9 Å². The van der Waals surface area contributed by atoms with Gasteiger partial charge in [-0.3, -0.25) is 9.59 Å². The van der Waals surface area contributed by atoms with E-state index in [2.05, 4.69) is 13.8 Å². The minimum absolute atomic E-state index is 0.336. The average molecular weight is 383 g/mol. The molecule has 0 amide bonds. The molecular formula is C24H46O3. The molecule has 0 aliphatic heterocycles. The van der Waals surface area contributed by atoms with E-state index in [1.165, 1.54) is 83.5 Å². The van der Waals surface area contributed by atoms with E-state index < -0.39 is 0 Å². The predicted molar refractivity (Wildman–Crippen MR) is 115 cm³/mol. The van der Waals surface area contributed by atoms with Gasteiger partial charge in [-0.15, -0.1) is 0 Å². The van der Waals surface area contributed by atoms with Gasteiger partial charge in [-0.2, -0.15) is 0 Å². The second kappa shape index (κ2) is 21.4. The van der Waals surface area contributed by atoms with E-state index in [1.807, 2.05) is 0 Å². The summed E-state index contributed by atoms with van der Waals surface area (Å²) in [6.07, 6.45) is 23.0. The van der Waals surface area contributed by atoms with Crippen LogP contribution in [0.4, 0.5) is 0 Å². The van der Waals surface area contributed by atoms with Gasteiger partial charge in [-0.25, -0.2) is 0 Å². The van der Waals surface area contributed by atoms with Crippen molar-refractivity contribution in [1.29, 1.82) is 0 Å². The number of hydrogen-bond donors (Lipinski definition) is 0. The first-order valence-electron chi connectivity index (χ1n) is 11.9. The molecule has 0 aliphatic rings. The Bertz CT molecular complexity index is 339. The molecule has 160 valence electrons. The fourth-order valence-corrected chi connectivity index (χ4v) is 3.39. The third-order valence-corrected chi connectivity index (χ3v) is 5.20. The van der Waals surface area contributed by atoms with Gasteiger partial charge in [-0.1, -0.05) is 117 Å². The minimum Gasteiger partial charge on any atom is -0.393 e. The van der Waals surface area contributed by atoms with Gasteiger partial charge in [-0.05, 0) is 12.8 Å². The molecule has 0 N–H and O–H groups in total. The first kappa shape index (κ1) is 26.1. The van der Waals surface area contributed by atoms with Gasteiger partial charge in [0.05, 0.1) is 0 Å². The summed E-state index contributed by atoms with van der Waals surface area (Å²) in [5.74, 6) is -0.678. The maximum Gasteiger partial charge on any atom is 0.313 e. The van der Waals surface area contributed by atoms with Gasteiger partial charge >= 0.3 is 11.9 Å². The van der Waals surface area contributed by atoms with Crippen LogP contribution in [0.25, 0.3) is 0 Å². The fourth-order valence-electron chi connectivity index (χ4n) is 3.39. The smallest absolute Gasteiger partial charge is 0.313 e. The summed E-state index contributed by atoms with van der Waals surface area (Å²) in [5.41, 5.74) is 0. The lowest BCUT2D eigenvalue weighted by atomic mass is 10.0. The number of ether oxygens (including phenoxy) is 1. The first-order chi connectivity index (χ1) is 13.2. The van der Waals surface area contributed by atoms with E-state index in [1.54, 1.807) is 0 Å². The normalized spacial score (nSPS) is 10.9. The largest absolute Gasteiger partial charge is 0.393 e. The minimum atomic E-state index is -0.341. The highest BCUT2D eigenvalue weighted by Crippen LogP contribution is 2.13. The summed E-state index contributed by atoms with van der Waals surface area (Å²) < 4.78 is 4.89. The Labute approximate surface area is 169 Å². The van der Waals surface area contributed by atoms with E-state index in [4.69, 9.17) is 4.74 Å². The molecule has 0 unspecified atom stereocenters. The van der Waals surface area contributed by atoms with Crippen molar-refractivity contribution in [2.45, 2.75) is 142 Å². The zero-order valence-electron chi connectivity index (χ0n) is 18.4. The molecule has 0 spiro atoms. The zero-order chi connectivity index (χ0) is 20.0. The van der Waals surface area contributed by atoms with Crippen molar-refractivity contribution in [3.63, 3.8) is 0 Å². The van der Waals surface area contributed by atoms with Crippen LogP contribution in [0, 0.1) is 0 Å². The van der Waals surface area contributed by atoms with Crippen LogP contribution in [-0.4, -0.2) is 11.9 Å². The molecule has 3 heteroatoms. The number of unbranched alkanes of at least 4 members (excludes halogenated alkanes) is 16. The molecule has 0 atom stereocenters. The van der Waals surface area contributed by atoms with E-state index in [0.29, 0.717) is 12.8 Å². The van der Waals surface area contributed by atoms with Crippen molar-refractivity contribution in [1.82, 2.24) is 0 Å². The van der Waals surface area contributed by atoms with Gasteiger partial charge in [0.2, 0.25) is 0 Å². The van der Waals surface area contributed by atoms with Gasteiger partial charge in [0.15, 0.2) is 0 Å². The molecule has 0 aromatic heterocycles. The maximum atomic E-state index is 11.6. The number of carbonyl (C=O) groups excluding carboxylic acids is 2. The summed E-state index contributed by atoms with van der Waals surface area (Å²) in [5, 5.41) is 0. The molecule has 0 radical (unpaired) electrons. The van der Waals surface area contributed by atoms with E-state index in [0.717, 1.165) is 32.1 Å². The Morgan fingerprint density at radius 2 is 0.704 bits per heavy atom. The molecule has 0 saturated heterocycles. The molecule has 0 rings (SSSR count). The Morgan fingerprint density at radius 1 is 0.444 bits per heavy atom. The second-order valence-corrected chi connectivity index (χ2v) is 8.00. The molecule has 0 aliphatic carbocycles. The molecule has 27 heavy (non-hydrogen) atoms. The zero-order valence-corrected chi connectivity index (χ0v) is 18.4. The van der Waals surface area contributed by atoms with Gasteiger partial charge in [0.1, 0.15) is 0 Å². The highest BCUT2D eigenvalue weighted by atomic mass is 16.6. The summed E-state index contributed by atoms with van der Waals surface area (Å²) in [6, 6.07) is 0. The standard InChI is InChI=1S/C24H46O3/c1-3-5-7-9-10-11-12-13-14-15-16-18-20-22-24(26)27-23(25)21-19-17-8-6-4-2/h3-22H2,1-2H3. The van der Waals surface area contributed by atoms with Crippen LogP contribution >= 0.6 is 0 Å². The topological polar surface area (TPSA) is 43.4 Å². The molecule has 0 bridgehead atoms. The van der Waals surface area contributed by atoms with Gasteiger partial charge < -0.3 is 4.74 Å². The summed E-state index contributed by atoms with van der Waals surface area (Å²) in [7, 11) is 0. The van der Waals surface area contributed by atoms with Crippen molar-refractivity contribution in [3.8, 4) is 0 Å². The summed E-state index contributed by atoms with van der Waals surface area (Å²) in [6.45, 7) is 4.43. The van der Waals surface area contributed by atoms with Crippen molar-refractivity contribution in [2.75, 3.05) is 0 Å².